The summed E-state index contributed by atoms with van der Waals surface area (Å²) >= 11 is 5.48. The third-order valence-corrected chi connectivity index (χ3v) is 2.86. The van der Waals surface area contributed by atoms with E-state index < -0.39 is 11.7 Å². The SMILES string of the molecule is COC(=O)C(C)(C)OCCCCCC(O)CCl. The number of methoxy groups -OCH3 is 1. The van der Waals surface area contributed by atoms with E-state index in [1.165, 1.54) is 7.11 Å². The molecule has 0 aliphatic carbocycles. The highest BCUT2D eigenvalue weighted by Gasteiger charge is 2.29. The summed E-state index contributed by atoms with van der Waals surface area (Å²) in [5.41, 5.74) is -0.885. The van der Waals surface area contributed by atoms with E-state index in [-0.39, 0.29) is 11.8 Å². The first-order chi connectivity index (χ1) is 7.94. The van der Waals surface area contributed by atoms with Crippen LogP contribution in [0.5, 0.6) is 0 Å². The molecule has 4 nitrogen and oxygen atoms in total. The molecule has 1 atom stereocenters. The van der Waals surface area contributed by atoms with E-state index in [2.05, 4.69) is 4.74 Å². The van der Waals surface area contributed by atoms with Crippen molar-refractivity contribution < 1.29 is 19.4 Å². The number of hydrogen-bond donors (Lipinski definition) is 1. The predicted octanol–water partition coefficient (Wildman–Crippen LogP) is 2.11. The van der Waals surface area contributed by atoms with Crippen LogP contribution in [0.1, 0.15) is 39.5 Å². The molecule has 0 rings (SSSR count). The van der Waals surface area contributed by atoms with Gasteiger partial charge in [-0.2, -0.15) is 0 Å². The first-order valence-electron chi connectivity index (χ1n) is 5.90. The number of aliphatic hydroxyl groups is 1. The van der Waals surface area contributed by atoms with E-state index in [1.807, 2.05) is 0 Å². The van der Waals surface area contributed by atoms with Crippen molar-refractivity contribution in [1.29, 1.82) is 0 Å². The Labute approximate surface area is 108 Å². The van der Waals surface area contributed by atoms with E-state index in [0.29, 0.717) is 13.0 Å². The van der Waals surface area contributed by atoms with Gasteiger partial charge in [0, 0.05) is 12.5 Å². The minimum Gasteiger partial charge on any atom is -0.467 e. The molecule has 1 N–H and O–H groups in total. The number of carbonyl (C=O) groups excluding carboxylic acids is 1. The maximum absolute atomic E-state index is 11.3. The van der Waals surface area contributed by atoms with Crippen LogP contribution >= 0.6 is 11.6 Å². The Balaban J connectivity index is 3.54. The van der Waals surface area contributed by atoms with Gasteiger partial charge in [0.2, 0.25) is 0 Å². The Morgan fingerprint density at radius 2 is 2.00 bits per heavy atom. The molecule has 0 aromatic carbocycles. The van der Waals surface area contributed by atoms with Crippen molar-refractivity contribution >= 4 is 17.6 Å². The summed E-state index contributed by atoms with van der Waals surface area (Å²) in [6.07, 6.45) is 3.02. The first kappa shape index (κ1) is 16.7. The van der Waals surface area contributed by atoms with Gasteiger partial charge in [0.1, 0.15) is 0 Å². The van der Waals surface area contributed by atoms with Crippen LogP contribution in [-0.4, -0.2) is 42.4 Å². The maximum atomic E-state index is 11.3. The lowest BCUT2D eigenvalue weighted by atomic mass is 10.1. The van der Waals surface area contributed by atoms with Crippen molar-refractivity contribution in [3.63, 3.8) is 0 Å². The molecule has 0 radical (unpaired) electrons. The summed E-state index contributed by atoms with van der Waals surface area (Å²) in [7, 11) is 1.35. The number of ether oxygens (including phenoxy) is 2. The molecule has 0 amide bonds. The van der Waals surface area contributed by atoms with Crippen molar-refractivity contribution in [2.24, 2.45) is 0 Å². The fourth-order valence-electron chi connectivity index (χ4n) is 1.37. The monoisotopic (exact) mass is 266 g/mol. The average molecular weight is 267 g/mol. The highest BCUT2D eigenvalue weighted by molar-refractivity contribution is 6.18. The van der Waals surface area contributed by atoms with Crippen LogP contribution in [0.25, 0.3) is 0 Å². The zero-order chi connectivity index (χ0) is 13.3. The van der Waals surface area contributed by atoms with E-state index >= 15 is 0 Å². The van der Waals surface area contributed by atoms with Gasteiger partial charge in [-0.25, -0.2) is 4.79 Å². The van der Waals surface area contributed by atoms with Gasteiger partial charge in [-0.3, -0.25) is 0 Å². The molecule has 0 saturated heterocycles. The van der Waals surface area contributed by atoms with Gasteiger partial charge in [0.15, 0.2) is 5.60 Å². The zero-order valence-corrected chi connectivity index (χ0v) is 11.6. The van der Waals surface area contributed by atoms with E-state index in [0.717, 1.165) is 19.3 Å². The fourth-order valence-corrected chi connectivity index (χ4v) is 1.52. The van der Waals surface area contributed by atoms with Crippen molar-refractivity contribution in [3.05, 3.63) is 0 Å². The smallest absolute Gasteiger partial charge is 0.337 e. The zero-order valence-electron chi connectivity index (χ0n) is 10.9. The minimum absolute atomic E-state index is 0.284. The number of alkyl halides is 1. The number of esters is 1. The lowest BCUT2D eigenvalue weighted by Gasteiger charge is -2.22. The molecule has 5 heteroatoms. The van der Waals surface area contributed by atoms with Crippen LogP contribution in [0, 0.1) is 0 Å². The second kappa shape index (κ2) is 8.72. The molecule has 0 spiro atoms. The third-order valence-electron chi connectivity index (χ3n) is 2.50. The third kappa shape index (κ3) is 7.58. The Hall–Kier alpha value is -0.320. The summed E-state index contributed by atoms with van der Waals surface area (Å²) < 4.78 is 10.1. The van der Waals surface area contributed by atoms with Crippen LogP contribution in [-0.2, 0) is 14.3 Å². The lowest BCUT2D eigenvalue weighted by molar-refractivity contribution is -0.165. The van der Waals surface area contributed by atoms with Crippen LogP contribution in [0.2, 0.25) is 0 Å². The fraction of sp³-hybridized carbons (Fsp3) is 0.917. The lowest BCUT2D eigenvalue weighted by Crippen LogP contribution is -2.36. The molecule has 0 saturated carbocycles. The van der Waals surface area contributed by atoms with Gasteiger partial charge >= 0.3 is 5.97 Å². The Morgan fingerprint density at radius 3 is 2.53 bits per heavy atom. The highest BCUT2D eigenvalue weighted by atomic mass is 35.5. The molecule has 0 aliphatic heterocycles. The summed E-state index contributed by atoms with van der Waals surface area (Å²) in [5.74, 6) is -0.0821. The van der Waals surface area contributed by atoms with Crippen LogP contribution in [0.4, 0.5) is 0 Å². The molecule has 0 bridgehead atoms. The topological polar surface area (TPSA) is 55.8 Å². The number of rotatable bonds is 9. The van der Waals surface area contributed by atoms with Gasteiger partial charge in [-0.15, -0.1) is 11.6 Å². The van der Waals surface area contributed by atoms with Gasteiger partial charge in [0.25, 0.3) is 0 Å². The first-order valence-corrected chi connectivity index (χ1v) is 6.44. The van der Waals surface area contributed by atoms with Crippen molar-refractivity contribution in [2.45, 2.75) is 51.2 Å². The summed E-state index contributed by atoms with van der Waals surface area (Å²) in [4.78, 5) is 11.3. The highest BCUT2D eigenvalue weighted by Crippen LogP contribution is 2.13. The molecule has 0 heterocycles. The number of aliphatic hydroxyl groups excluding tert-OH is 1. The maximum Gasteiger partial charge on any atom is 0.337 e. The second-order valence-corrected chi connectivity index (χ2v) is 4.82. The number of hydrogen-bond acceptors (Lipinski definition) is 4. The molecular formula is C12H23ClO4. The second-order valence-electron chi connectivity index (χ2n) is 4.51. The van der Waals surface area contributed by atoms with Crippen LogP contribution in [0.15, 0.2) is 0 Å². The van der Waals surface area contributed by atoms with Gasteiger partial charge in [-0.1, -0.05) is 12.8 Å². The van der Waals surface area contributed by atoms with Crippen LogP contribution < -0.4 is 0 Å². The van der Waals surface area contributed by atoms with E-state index in [9.17, 15) is 9.90 Å². The Bertz CT molecular complexity index is 219. The van der Waals surface area contributed by atoms with Crippen molar-refractivity contribution in [2.75, 3.05) is 19.6 Å². The van der Waals surface area contributed by atoms with Crippen molar-refractivity contribution in [3.8, 4) is 0 Å². The van der Waals surface area contributed by atoms with E-state index in [4.69, 9.17) is 16.3 Å². The minimum atomic E-state index is -0.885. The average Bonchev–Trinajstić information content (AvgIpc) is 2.31. The molecule has 17 heavy (non-hydrogen) atoms. The van der Waals surface area contributed by atoms with Crippen molar-refractivity contribution in [1.82, 2.24) is 0 Å². The molecule has 102 valence electrons. The molecule has 0 aromatic heterocycles. The standard InChI is InChI=1S/C12H23ClO4/c1-12(2,11(15)16-3)17-8-6-4-5-7-10(14)9-13/h10,14H,4-9H2,1-3H3. The predicted molar refractivity (Wildman–Crippen MR) is 67.2 cm³/mol. The summed E-state index contributed by atoms with van der Waals surface area (Å²) in [5, 5.41) is 9.22. The quantitative estimate of drug-likeness (QED) is 0.395. The Morgan fingerprint density at radius 1 is 1.35 bits per heavy atom. The van der Waals surface area contributed by atoms with Gasteiger partial charge < -0.3 is 14.6 Å². The molecule has 0 fully saturated rings. The molecule has 1 unspecified atom stereocenters. The summed E-state index contributed by atoms with van der Waals surface area (Å²) in [6.45, 7) is 3.89. The normalized spacial score (nSPS) is 13.5. The van der Waals surface area contributed by atoms with Gasteiger partial charge in [0.05, 0.1) is 13.2 Å². The van der Waals surface area contributed by atoms with Crippen LogP contribution in [0.3, 0.4) is 0 Å². The van der Waals surface area contributed by atoms with E-state index in [1.54, 1.807) is 13.8 Å². The summed E-state index contributed by atoms with van der Waals surface area (Å²) in [6, 6.07) is 0. The molecule has 0 aromatic rings. The Kier molecular flexibility index (Phi) is 8.56. The number of unbranched alkanes of at least 4 members (excludes halogenated alkanes) is 2. The largest absolute Gasteiger partial charge is 0.467 e. The molecular weight excluding hydrogens is 244 g/mol. The number of halogens is 1. The molecule has 0 aliphatic rings. The van der Waals surface area contributed by atoms with Gasteiger partial charge in [-0.05, 0) is 26.7 Å². The number of carbonyl (C=O) groups is 1.